The van der Waals surface area contributed by atoms with Gasteiger partial charge in [-0.2, -0.15) is 0 Å². The van der Waals surface area contributed by atoms with Gasteiger partial charge in [0.05, 0.1) is 11.1 Å². The minimum Gasteiger partial charge on any atom is -0.322 e. The third-order valence-electron chi connectivity index (χ3n) is 4.03. The van der Waals surface area contributed by atoms with Crippen LogP contribution in [0.2, 0.25) is 0 Å². The van der Waals surface area contributed by atoms with Crippen molar-refractivity contribution in [2.45, 2.75) is 0 Å². The molecule has 4 aromatic rings. The van der Waals surface area contributed by atoms with E-state index in [-0.39, 0.29) is 5.78 Å². The molecule has 2 aromatic heterocycles. The number of hydrogen-bond acceptors (Lipinski definition) is 1. The second-order valence-corrected chi connectivity index (χ2v) is 5.47. The first-order valence-electron chi connectivity index (χ1n) is 7.59. The quantitative estimate of drug-likeness (QED) is 0.496. The maximum atomic E-state index is 13.1. The van der Waals surface area contributed by atoms with Gasteiger partial charge in [-0.1, -0.05) is 66.7 Å². The van der Waals surface area contributed by atoms with Gasteiger partial charge < -0.3 is 4.40 Å². The summed E-state index contributed by atoms with van der Waals surface area (Å²) < 4.78 is 2.01. The first-order valence-corrected chi connectivity index (χ1v) is 7.59. The Kier molecular flexibility index (Phi) is 3.28. The third kappa shape index (κ3) is 2.34. The normalized spacial score (nSPS) is 10.8. The van der Waals surface area contributed by atoms with Crippen LogP contribution >= 0.6 is 0 Å². The van der Waals surface area contributed by atoms with E-state index in [9.17, 15) is 4.79 Å². The second-order valence-electron chi connectivity index (χ2n) is 5.47. The zero-order chi connectivity index (χ0) is 15.6. The number of hydrogen-bond donors (Lipinski definition) is 0. The predicted molar refractivity (Wildman–Crippen MR) is 92.7 cm³/mol. The van der Waals surface area contributed by atoms with Crippen LogP contribution in [0.25, 0.3) is 16.6 Å². The average Bonchev–Trinajstić information content (AvgIpc) is 3.02. The molecule has 0 unspecified atom stereocenters. The van der Waals surface area contributed by atoms with Crippen LogP contribution in [0.1, 0.15) is 15.9 Å². The molecule has 0 atom stereocenters. The second kappa shape index (κ2) is 5.58. The van der Waals surface area contributed by atoms with Gasteiger partial charge in [0.2, 0.25) is 0 Å². The summed E-state index contributed by atoms with van der Waals surface area (Å²) >= 11 is 0. The summed E-state index contributed by atoms with van der Waals surface area (Å²) in [5.74, 6) is 0.0538. The maximum absolute atomic E-state index is 13.1. The molecule has 0 fully saturated rings. The third-order valence-corrected chi connectivity index (χ3v) is 4.03. The van der Waals surface area contributed by atoms with Gasteiger partial charge in [-0.05, 0) is 17.7 Å². The minimum absolute atomic E-state index is 0.0538. The van der Waals surface area contributed by atoms with Crippen LogP contribution in [0.15, 0.2) is 91.3 Å². The molecule has 0 radical (unpaired) electrons. The van der Waals surface area contributed by atoms with E-state index in [2.05, 4.69) is 0 Å². The highest BCUT2D eigenvalue weighted by molar-refractivity contribution is 6.17. The number of pyridine rings is 1. The van der Waals surface area contributed by atoms with Gasteiger partial charge in [0, 0.05) is 23.5 Å². The maximum Gasteiger partial charge on any atom is 0.195 e. The number of benzene rings is 2. The lowest BCUT2D eigenvalue weighted by Crippen LogP contribution is -2.02. The fraction of sp³-hybridized carbons (Fsp3) is 0. The first-order chi connectivity index (χ1) is 11.3. The molecule has 2 nitrogen and oxygen atoms in total. The predicted octanol–water partition coefficient (Wildman–Crippen LogP) is 4.84. The van der Waals surface area contributed by atoms with Crippen LogP contribution in [0, 0.1) is 0 Å². The topological polar surface area (TPSA) is 21.5 Å². The molecule has 0 amide bonds. The summed E-state index contributed by atoms with van der Waals surface area (Å²) in [6.45, 7) is 0. The van der Waals surface area contributed by atoms with Gasteiger partial charge in [-0.25, -0.2) is 0 Å². The number of fused-ring (bicyclic) bond motifs is 1. The molecule has 0 saturated heterocycles. The average molecular weight is 297 g/mol. The molecule has 0 aliphatic carbocycles. The van der Waals surface area contributed by atoms with Crippen LogP contribution in [0.5, 0.6) is 0 Å². The lowest BCUT2D eigenvalue weighted by Gasteiger charge is -2.05. The highest BCUT2D eigenvalue weighted by atomic mass is 16.1. The smallest absolute Gasteiger partial charge is 0.195 e. The number of rotatable bonds is 3. The fourth-order valence-electron chi connectivity index (χ4n) is 2.93. The molecule has 4 rings (SSSR count). The molecular weight excluding hydrogens is 282 g/mol. The molecule has 0 N–H and O–H groups in total. The molecule has 0 aliphatic rings. The van der Waals surface area contributed by atoms with E-state index >= 15 is 0 Å². The molecule has 0 aliphatic heterocycles. The van der Waals surface area contributed by atoms with Gasteiger partial charge in [0.1, 0.15) is 0 Å². The van der Waals surface area contributed by atoms with Crippen molar-refractivity contribution in [3.63, 3.8) is 0 Å². The van der Waals surface area contributed by atoms with Gasteiger partial charge >= 0.3 is 0 Å². The largest absolute Gasteiger partial charge is 0.322 e. The Morgan fingerprint density at radius 1 is 0.739 bits per heavy atom. The van der Waals surface area contributed by atoms with Crippen LogP contribution in [0.4, 0.5) is 0 Å². The van der Waals surface area contributed by atoms with Gasteiger partial charge in [0.25, 0.3) is 0 Å². The molecule has 0 spiro atoms. The van der Waals surface area contributed by atoms with Crippen LogP contribution in [-0.2, 0) is 0 Å². The Bertz CT molecular complexity index is 969. The summed E-state index contributed by atoms with van der Waals surface area (Å²) in [6, 6.07) is 25.4. The highest BCUT2D eigenvalue weighted by Gasteiger charge is 2.19. The molecule has 0 bridgehead atoms. The highest BCUT2D eigenvalue weighted by Crippen LogP contribution is 2.30. The van der Waals surface area contributed by atoms with E-state index in [1.54, 1.807) is 0 Å². The van der Waals surface area contributed by atoms with Crippen molar-refractivity contribution in [2.75, 3.05) is 0 Å². The van der Waals surface area contributed by atoms with Crippen molar-refractivity contribution in [3.05, 3.63) is 102 Å². The van der Waals surface area contributed by atoms with Gasteiger partial charge in [-0.15, -0.1) is 0 Å². The summed E-state index contributed by atoms with van der Waals surface area (Å²) in [6.07, 6.45) is 4.00. The van der Waals surface area contributed by atoms with E-state index < -0.39 is 0 Å². The molecule has 23 heavy (non-hydrogen) atoms. The Morgan fingerprint density at radius 2 is 1.39 bits per heavy atom. The number of nitrogens with zero attached hydrogens (tertiary/aromatic N) is 1. The summed E-state index contributed by atoms with van der Waals surface area (Å²) in [4.78, 5) is 13.1. The summed E-state index contributed by atoms with van der Waals surface area (Å²) in [5.41, 5.74) is 4.41. The number of ketones is 1. The Morgan fingerprint density at radius 3 is 2.13 bits per heavy atom. The van der Waals surface area contributed by atoms with E-state index in [0.29, 0.717) is 5.56 Å². The molecule has 110 valence electrons. The van der Waals surface area contributed by atoms with E-state index in [1.807, 2.05) is 95.7 Å². The molecular formula is C21H15NO. The molecule has 2 heterocycles. The molecule has 2 heteroatoms. The van der Waals surface area contributed by atoms with Gasteiger partial charge in [-0.3, -0.25) is 4.79 Å². The fourth-order valence-corrected chi connectivity index (χ4v) is 2.93. The molecule has 2 aromatic carbocycles. The van der Waals surface area contributed by atoms with Crippen molar-refractivity contribution in [3.8, 4) is 11.1 Å². The Labute approximate surface area is 134 Å². The van der Waals surface area contributed by atoms with Crippen molar-refractivity contribution in [1.82, 2.24) is 4.40 Å². The Balaban J connectivity index is 1.99. The summed E-state index contributed by atoms with van der Waals surface area (Å²) in [7, 11) is 0. The van der Waals surface area contributed by atoms with Crippen LogP contribution in [0.3, 0.4) is 0 Å². The lowest BCUT2D eigenvalue weighted by molar-refractivity contribution is 0.104. The van der Waals surface area contributed by atoms with Gasteiger partial charge in [0.15, 0.2) is 5.78 Å². The number of aromatic nitrogens is 1. The minimum atomic E-state index is 0.0538. The van der Waals surface area contributed by atoms with Crippen LogP contribution in [-0.4, -0.2) is 10.2 Å². The van der Waals surface area contributed by atoms with E-state index in [1.165, 1.54) is 0 Å². The zero-order valence-electron chi connectivity index (χ0n) is 12.5. The molecule has 0 saturated carbocycles. The first kappa shape index (κ1) is 13.5. The standard InChI is InChI=1S/C21H15NO/c23-21(17-11-5-2-6-12-17)20-18(16-9-3-1-4-10-16)15-22-14-8-7-13-19(20)22/h1-15H. The SMILES string of the molecule is O=C(c1ccccc1)c1c(-c2ccccc2)cn2ccccc12. The van der Waals surface area contributed by atoms with Crippen molar-refractivity contribution >= 4 is 11.3 Å². The van der Waals surface area contributed by atoms with Crippen molar-refractivity contribution in [2.24, 2.45) is 0 Å². The summed E-state index contributed by atoms with van der Waals surface area (Å²) in [5, 5.41) is 0. The Hall–Kier alpha value is -3.13. The zero-order valence-corrected chi connectivity index (χ0v) is 12.5. The number of carbonyl (C=O) groups excluding carboxylic acids is 1. The number of carbonyl (C=O) groups is 1. The lowest BCUT2D eigenvalue weighted by atomic mass is 9.96. The van der Waals surface area contributed by atoms with Crippen molar-refractivity contribution < 1.29 is 4.79 Å². The monoisotopic (exact) mass is 297 g/mol. The van der Waals surface area contributed by atoms with E-state index in [0.717, 1.165) is 22.2 Å². The van der Waals surface area contributed by atoms with Crippen LogP contribution < -0.4 is 0 Å². The van der Waals surface area contributed by atoms with E-state index in [4.69, 9.17) is 0 Å². The van der Waals surface area contributed by atoms with Crippen molar-refractivity contribution in [1.29, 1.82) is 0 Å².